The summed E-state index contributed by atoms with van der Waals surface area (Å²) in [6.45, 7) is 4.35. The summed E-state index contributed by atoms with van der Waals surface area (Å²) in [5.74, 6) is 0.519. The molecule has 1 aromatic rings. The molecule has 0 aromatic heterocycles. The topological polar surface area (TPSA) is 61.8 Å². The van der Waals surface area contributed by atoms with E-state index in [9.17, 15) is 9.90 Å². The molecule has 2 unspecified atom stereocenters. The van der Waals surface area contributed by atoms with Crippen LogP contribution < -0.4 is 10.1 Å². The van der Waals surface area contributed by atoms with Crippen molar-refractivity contribution >= 4 is 11.6 Å². The molecule has 23 heavy (non-hydrogen) atoms. The third-order valence-electron chi connectivity index (χ3n) is 4.93. The number of carbonyl (C=O) groups is 1. The van der Waals surface area contributed by atoms with Gasteiger partial charge in [-0.25, -0.2) is 0 Å². The molecule has 3 rings (SSSR count). The van der Waals surface area contributed by atoms with Gasteiger partial charge in [0.15, 0.2) is 6.61 Å². The van der Waals surface area contributed by atoms with Gasteiger partial charge in [-0.05, 0) is 49.9 Å². The third kappa shape index (κ3) is 3.85. The Balaban J connectivity index is 1.61. The first-order valence-corrected chi connectivity index (χ1v) is 8.66. The molecular weight excluding hydrogens is 292 g/mol. The van der Waals surface area contributed by atoms with Crippen molar-refractivity contribution in [3.63, 3.8) is 0 Å². The largest absolute Gasteiger partial charge is 0.482 e. The summed E-state index contributed by atoms with van der Waals surface area (Å²) in [5, 5.41) is 13.3. The standard InChI is InChI=1S/C18H26N2O3/c1-2-14-5-3-4-9-20(14)10-8-16(21)13-6-7-17-15(11-13)19-18(22)12-23-17/h6-7,11,14,16,21H,2-5,8-10,12H2,1H3,(H,19,22). The summed E-state index contributed by atoms with van der Waals surface area (Å²) >= 11 is 0. The number of hydrogen-bond acceptors (Lipinski definition) is 4. The van der Waals surface area contributed by atoms with Gasteiger partial charge in [0, 0.05) is 12.6 Å². The molecule has 0 bridgehead atoms. The fraction of sp³-hybridized carbons (Fsp3) is 0.611. The molecule has 2 atom stereocenters. The Morgan fingerprint density at radius 2 is 2.30 bits per heavy atom. The van der Waals surface area contributed by atoms with Crippen LogP contribution in [0.1, 0.15) is 50.7 Å². The van der Waals surface area contributed by atoms with E-state index in [-0.39, 0.29) is 12.5 Å². The summed E-state index contributed by atoms with van der Waals surface area (Å²) < 4.78 is 5.35. The lowest BCUT2D eigenvalue weighted by molar-refractivity contribution is -0.118. The molecule has 1 aromatic carbocycles. The van der Waals surface area contributed by atoms with Crippen molar-refractivity contribution in [2.24, 2.45) is 0 Å². The summed E-state index contributed by atoms with van der Waals surface area (Å²) in [4.78, 5) is 13.9. The molecule has 5 heteroatoms. The Labute approximate surface area is 137 Å². The first-order valence-electron chi connectivity index (χ1n) is 8.66. The molecule has 1 fully saturated rings. The minimum Gasteiger partial charge on any atom is -0.482 e. The number of aliphatic hydroxyl groups excluding tert-OH is 1. The zero-order chi connectivity index (χ0) is 16.2. The summed E-state index contributed by atoms with van der Waals surface area (Å²) in [5.41, 5.74) is 1.49. The van der Waals surface area contributed by atoms with Crippen LogP contribution in [-0.2, 0) is 4.79 Å². The first kappa shape index (κ1) is 16.3. The van der Waals surface area contributed by atoms with Gasteiger partial charge in [0.1, 0.15) is 5.75 Å². The third-order valence-corrected chi connectivity index (χ3v) is 4.93. The molecule has 2 heterocycles. The summed E-state index contributed by atoms with van der Waals surface area (Å²) in [7, 11) is 0. The normalized spacial score (nSPS) is 22.9. The first-order chi connectivity index (χ1) is 11.2. The molecule has 1 amide bonds. The highest BCUT2D eigenvalue weighted by atomic mass is 16.5. The number of benzene rings is 1. The van der Waals surface area contributed by atoms with E-state index in [1.807, 2.05) is 18.2 Å². The highest BCUT2D eigenvalue weighted by Crippen LogP contribution is 2.31. The number of fused-ring (bicyclic) bond motifs is 1. The lowest BCUT2D eigenvalue weighted by Crippen LogP contribution is -2.40. The molecule has 5 nitrogen and oxygen atoms in total. The molecule has 0 spiro atoms. The number of ether oxygens (including phenoxy) is 1. The lowest BCUT2D eigenvalue weighted by atomic mass is 9.98. The van der Waals surface area contributed by atoms with E-state index in [0.29, 0.717) is 23.9 Å². The lowest BCUT2D eigenvalue weighted by Gasteiger charge is -2.35. The van der Waals surface area contributed by atoms with E-state index >= 15 is 0 Å². The molecule has 0 saturated carbocycles. The zero-order valence-electron chi connectivity index (χ0n) is 13.8. The van der Waals surface area contributed by atoms with Crippen LogP contribution in [0.5, 0.6) is 5.75 Å². The van der Waals surface area contributed by atoms with Crippen LogP contribution in [0.15, 0.2) is 18.2 Å². The number of nitrogens with one attached hydrogen (secondary N) is 1. The number of hydrogen-bond donors (Lipinski definition) is 2. The molecule has 0 aliphatic carbocycles. The van der Waals surface area contributed by atoms with E-state index in [1.165, 1.54) is 25.7 Å². The predicted octanol–water partition coefficient (Wildman–Crippen LogP) is 2.71. The number of aliphatic hydroxyl groups is 1. The van der Waals surface area contributed by atoms with Crippen molar-refractivity contribution in [2.75, 3.05) is 25.0 Å². The SMILES string of the molecule is CCC1CCCCN1CCC(O)c1ccc2c(c1)NC(=O)CO2. The van der Waals surface area contributed by atoms with Gasteiger partial charge in [0.25, 0.3) is 5.91 Å². The Bertz CT molecular complexity index is 561. The van der Waals surface area contributed by atoms with Crippen LogP contribution in [-0.4, -0.2) is 41.7 Å². The van der Waals surface area contributed by atoms with E-state index < -0.39 is 6.10 Å². The summed E-state index contributed by atoms with van der Waals surface area (Å²) in [6, 6.07) is 6.19. The van der Waals surface area contributed by atoms with Gasteiger partial charge in [0.2, 0.25) is 0 Å². The van der Waals surface area contributed by atoms with Crippen LogP contribution in [0, 0.1) is 0 Å². The highest BCUT2D eigenvalue weighted by molar-refractivity contribution is 5.95. The van der Waals surface area contributed by atoms with Crippen LogP contribution in [0.25, 0.3) is 0 Å². The second-order valence-electron chi connectivity index (χ2n) is 6.49. The summed E-state index contributed by atoms with van der Waals surface area (Å²) in [6.07, 6.45) is 5.23. The maximum absolute atomic E-state index is 11.4. The van der Waals surface area contributed by atoms with Gasteiger partial charge < -0.3 is 20.1 Å². The van der Waals surface area contributed by atoms with Crippen LogP contribution in [0.4, 0.5) is 5.69 Å². The fourth-order valence-corrected chi connectivity index (χ4v) is 3.58. The van der Waals surface area contributed by atoms with Crippen molar-refractivity contribution in [2.45, 2.75) is 51.2 Å². The van der Waals surface area contributed by atoms with Crippen molar-refractivity contribution in [1.29, 1.82) is 0 Å². The number of anilines is 1. The second-order valence-corrected chi connectivity index (χ2v) is 6.49. The van der Waals surface area contributed by atoms with Crippen molar-refractivity contribution in [3.8, 4) is 5.75 Å². The average molecular weight is 318 g/mol. The highest BCUT2D eigenvalue weighted by Gasteiger charge is 2.22. The van der Waals surface area contributed by atoms with Gasteiger partial charge in [-0.1, -0.05) is 19.4 Å². The van der Waals surface area contributed by atoms with Gasteiger partial charge in [-0.2, -0.15) is 0 Å². The maximum Gasteiger partial charge on any atom is 0.262 e. The van der Waals surface area contributed by atoms with Crippen molar-refractivity contribution in [1.82, 2.24) is 4.90 Å². The van der Waals surface area contributed by atoms with Crippen LogP contribution in [0.2, 0.25) is 0 Å². The quantitative estimate of drug-likeness (QED) is 0.876. The maximum atomic E-state index is 11.4. The van der Waals surface area contributed by atoms with Gasteiger partial charge in [-0.3, -0.25) is 4.79 Å². The number of amides is 1. The number of carbonyl (C=O) groups excluding carboxylic acids is 1. The van der Waals surface area contributed by atoms with E-state index in [2.05, 4.69) is 17.1 Å². The predicted molar refractivity (Wildman–Crippen MR) is 89.6 cm³/mol. The Kier molecular flexibility index (Phi) is 5.18. The zero-order valence-corrected chi connectivity index (χ0v) is 13.8. The minimum atomic E-state index is -0.515. The van der Waals surface area contributed by atoms with E-state index in [0.717, 1.165) is 18.7 Å². The Morgan fingerprint density at radius 1 is 1.43 bits per heavy atom. The van der Waals surface area contributed by atoms with Crippen molar-refractivity contribution < 1.29 is 14.6 Å². The monoisotopic (exact) mass is 318 g/mol. The fourth-order valence-electron chi connectivity index (χ4n) is 3.58. The molecule has 2 aliphatic rings. The Morgan fingerprint density at radius 3 is 3.13 bits per heavy atom. The average Bonchev–Trinajstić information content (AvgIpc) is 2.59. The number of rotatable bonds is 5. The number of piperidine rings is 1. The molecule has 2 N–H and O–H groups in total. The van der Waals surface area contributed by atoms with Gasteiger partial charge in [-0.15, -0.1) is 0 Å². The second kappa shape index (κ2) is 7.32. The van der Waals surface area contributed by atoms with Gasteiger partial charge in [0.05, 0.1) is 11.8 Å². The smallest absolute Gasteiger partial charge is 0.262 e. The number of likely N-dealkylation sites (tertiary alicyclic amines) is 1. The van der Waals surface area contributed by atoms with E-state index in [4.69, 9.17) is 4.74 Å². The molecule has 126 valence electrons. The van der Waals surface area contributed by atoms with Crippen LogP contribution in [0.3, 0.4) is 0 Å². The van der Waals surface area contributed by atoms with Crippen LogP contribution >= 0.6 is 0 Å². The van der Waals surface area contributed by atoms with Crippen molar-refractivity contribution in [3.05, 3.63) is 23.8 Å². The number of nitrogens with zero attached hydrogens (tertiary/aromatic N) is 1. The molecule has 2 aliphatic heterocycles. The van der Waals surface area contributed by atoms with E-state index in [1.54, 1.807) is 0 Å². The minimum absolute atomic E-state index is 0.0578. The molecule has 1 saturated heterocycles. The van der Waals surface area contributed by atoms with Gasteiger partial charge >= 0.3 is 0 Å². The molecule has 0 radical (unpaired) electrons. The Hall–Kier alpha value is -1.59. The molecular formula is C18H26N2O3.